The van der Waals surface area contributed by atoms with E-state index in [2.05, 4.69) is 37.6 Å². The minimum Gasteiger partial charge on any atom is -0.354 e. The van der Waals surface area contributed by atoms with Crippen molar-refractivity contribution in [2.75, 3.05) is 27.2 Å². The van der Waals surface area contributed by atoms with Crippen molar-refractivity contribution in [1.29, 1.82) is 0 Å². The Morgan fingerprint density at radius 2 is 1.89 bits per heavy atom. The quantitative estimate of drug-likeness (QED) is 0.400. The van der Waals surface area contributed by atoms with Crippen LogP contribution in [-0.2, 0) is 17.8 Å². The summed E-state index contributed by atoms with van der Waals surface area (Å²) in [6.45, 7) is 1.70. The zero-order valence-electron chi connectivity index (χ0n) is 15.5. The number of nitrogens with one attached hydrogen (secondary N) is 2. The number of carbonyl (C=O) groups excluding carboxylic acids is 1. The molecule has 0 heterocycles. The standard InChI is InChI=1S/C20H24BrFN4O/c1-23-20(26(2)14-16-7-3-4-9-18(16)21)25-11-10-24-19(27)13-15-6-5-8-17(22)12-15/h3-9,12H,10-11,13-14H2,1-2H3,(H,23,25)(H,24,27). The van der Waals surface area contributed by atoms with Crippen molar-refractivity contribution in [2.45, 2.75) is 13.0 Å². The molecule has 0 spiro atoms. The number of rotatable bonds is 7. The molecule has 1 amide bonds. The van der Waals surface area contributed by atoms with Gasteiger partial charge in [-0.25, -0.2) is 4.39 Å². The Hall–Kier alpha value is -2.41. The van der Waals surface area contributed by atoms with Gasteiger partial charge >= 0.3 is 0 Å². The van der Waals surface area contributed by atoms with Gasteiger partial charge in [0.05, 0.1) is 6.42 Å². The van der Waals surface area contributed by atoms with Gasteiger partial charge < -0.3 is 15.5 Å². The number of hydrogen-bond acceptors (Lipinski definition) is 2. The van der Waals surface area contributed by atoms with E-state index in [4.69, 9.17) is 0 Å². The smallest absolute Gasteiger partial charge is 0.224 e. The molecule has 0 saturated carbocycles. The molecule has 2 aromatic carbocycles. The van der Waals surface area contributed by atoms with Crippen molar-refractivity contribution in [3.63, 3.8) is 0 Å². The number of amides is 1. The SMILES string of the molecule is CN=C(NCCNC(=O)Cc1cccc(F)c1)N(C)Cc1ccccc1Br. The number of benzene rings is 2. The van der Waals surface area contributed by atoms with E-state index in [1.165, 1.54) is 12.1 Å². The molecule has 0 radical (unpaired) electrons. The lowest BCUT2D eigenvalue weighted by molar-refractivity contribution is -0.120. The summed E-state index contributed by atoms with van der Waals surface area (Å²) in [5.41, 5.74) is 1.82. The second-order valence-corrected chi connectivity index (χ2v) is 6.93. The number of hydrogen-bond donors (Lipinski definition) is 2. The Bertz CT molecular complexity index is 797. The lowest BCUT2D eigenvalue weighted by atomic mass is 10.1. The van der Waals surface area contributed by atoms with Crippen molar-refractivity contribution < 1.29 is 9.18 Å². The van der Waals surface area contributed by atoms with Crippen molar-refractivity contribution >= 4 is 27.8 Å². The van der Waals surface area contributed by atoms with Crippen LogP contribution in [0.25, 0.3) is 0 Å². The van der Waals surface area contributed by atoms with Crippen molar-refractivity contribution in [2.24, 2.45) is 4.99 Å². The molecule has 7 heteroatoms. The second-order valence-electron chi connectivity index (χ2n) is 6.08. The third-order valence-corrected chi connectivity index (χ3v) is 4.70. The second kappa shape index (κ2) is 10.7. The molecular formula is C20H24BrFN4O. The van der Waals surface area contributed by atoms with E-state index in [-0.39, 0.29) is 18.1 Å². The molecule has 0 bridgehead atoms. The minimum absolute atomic E-state index is 0.140. The predicted molar refractivity (Wildman–Crippen MR) is 110 cm³/mol. The molecule has 27 heavy (non-hydrogen) atoms. The Kier molecular flexibility index (Phi) is 8.26. The van der Waals surface area contributed by atoms with Crippen LogP contribution in [0, 0.1) is 5.82 Å². The van der Waals surface area contributed by atoms with Gasteiger partial charge in [-0.2, -0.15) is 0 Å². The first-order chi connectivity index (χ1) is 13.0. The van der Waals surface area contributed by atoms with Crippen LogP contribution >= 0.6 is 15.9 Å². The first-order valence-corrected chi connectivity index (χ1v) is 9.45. The van der Waals surface area contributed by atoms with E-state index in [1.54, 1.807) is 19.2 Å². The lowest BCUT2D eigenvalue weighted by Crippen LogP contribution is -2.42. The Labute approximate surface area is 167 Å². The highest BCUT2D eigenvalue weighted by molar-refractivity contribution is 9.10. The third-order valence-electron chi connectivity index (χ3n) is 3.92. The van der Waals surface area contributed by atoms with E-state index in [9.17, 15) is 9.18 Å². The number of carbonyl (C=O) groups is 1. The van der Waals surface area contributed by atoms with E-state index in [1.807, 2.05) is 30.1 Å². The summed E-state index contributed by atoms with van der Waals surface area (Å²) in [4.78, 5) is 18.2. The molecule has 144 valence electrons. The average molecular weight is 435 g/mol. The minimum atomic E-state index is -0.334. The highest BCUT2D eigenvalue weighted by Gasteiger charge is 2.09. The van der Waals surface area contributed by atoms with Gasteiger partial charge in [-0.15, -0.1) is 0 Å². The van der Waals surface area contributed by atoms with Gasteiger partial charge in [0.15, 0.2) is 5.96 Å². The lowest BCUT2D eigenvalue weighted by Gasteiger charge is -2.22. The monoisotopic (exact) mass is 434 g/mol. The molecule has 2 aromatic rings. The van der Waals surface area contributed by atoms with Crippen LogP contribution in [0.3, 0.4) is 0 Å². The molecule has 0 aliphatic rings. The third kappa shape index (κ3) is 7.02. The van der Waals surface area contributed by atoms with E-state index >= 15 is 0 Å². The molecule has 5 nitrogen and oxygen atoms in total. The van der Waals surface area contributed by atoms with Crippen molar-refractivity contribution in [1.82, 2.24) is 15.5 Å². The van der Waals surface area contributed by atoms with Crippen LogP contribution in [0.2, 0.25) is 0 Å². The van der Waals surface area contributed by atoms with Crippen LogP contribution in [0.4, 0.5) is 4.39 Å². The molecule has 0 aromatic heterocycles. The number of guanidine groups is 1. The van der Waals surface area contributed by atoms with Crippen LogP contribution in [-0.4, -0.2) is 44.0 Å². The zero-order valence-corrected chi connectivity index (χ0v) is 17.1. The van der Waals surface area contributed by atoms with Gasteiger partial charge in [0.25, 0.3) is 0 Å². The first-order valence-electron chi connectivity index (χ1n) is 8.66. The van der Waals surface area contributed by atoms with Crippen LogP contribution in [0.15, 0.2) is 58.0 Å². The fourth-order valence-electron chi connectivity index (χ4n) is 2.61. The Balaban J connectivity index is 1.74. The molecule has 0 aliphatic carbocycles. The molecule has 0 unspecified atom stereocenters. The fourth-order valence-corrected chi connectivity index (χ4v) is 3.02. The number of nitrogens with zero attached hydrogens (tertiary/aromatic N) is 2. The Morgan fingerprint density at radius 3 is 2.59 bits per heavy atom. The van der Waals surface area contributed by atoms with Gasteiger partial charge in [-0.05, 0) is 29.3 Å². The van der Waals surface area contributed by atoms with Crippen LogP contribution < -0.4 is 10.6 Å². The maximum atomic E-state index is 13.1. The molecule has 0 fully saturated rings. The predicted octanol–water partition coefficient (Wildman–Crippen LogP) is 2.95. The maximum Gasteiger partial charge on any atom is 0.224 e. The summed E-state index contributed by atoms with van der Waals surface area (Å²) in [5.74, 6) is 0.267. The summed E-state index contributed by atoms with van der Waals surface area (Å²) < 4.78 is 14.2. The molecule has 0 atom stereocenters. The molecule has 0 aliphatic heterocycles. The van der Waals surface area contributed by atoms with E-state index in [0.29, 0.717) is 25.2 Å². The maximum absolute atomic E-state index is 13.1. The largest absolute Gasteiger partial charge is 0.354 e. The summed E-state index contributed by atoms with van der Waals surface area (Å²) >= 11 is 3.55. The van der Waals surface area contributed by atoms with Gasteiger partial charge in [0.2, 0.25) is 5.91 Å². The normalized spacial score (nSPS) is 11.2. The summed E-state index contributed by atoms with van der Waals surface area (Å²) in [6.07, 6.45) is 0.161. The Morgan fingerprint density at radius 1 is 1.15 bits per heavy atom. The number of halogens is 2. The van der Waals surface area contributed by atoms with Crippen LogP contribution in [0.1, 0.15) is 11.1 Å². The highest BCUT2D eigenvalue weighted by Crippen LogP contribution is 2.17. The van der Waals surface area contributed by atoms with E-state index in [0.717, 1.165) is 16.0 Å². The van der Waals surface area contributed by atoms with E-state index < -0.39 is 0 Å². The van der Waals surface area contributed by atoms with Gasteiger partial charge in [0, 0.05) is 38.2 Å². The van der Waals surface area contributed by atoms with Gasteiger partial charge in [0.1, 0.15) is 5.82 Å². The summed E-state index contributed by atoms with van der Waals surface area (Å²) in [6, 6.07) is 14.1. The van der Waals surface area contributed by atoms with Gasteiger partial charge in [-0.3, -0.25) is 9.79 Å². The zero-order chi connectivity index (χ0) is 19.6. The molecule has 0 saturated heterocycles. The average Bonchev–Trinajstić information content (AvgIpc) is 2.63. The fraction of sp³-hybridized carbons (Fsp3) is 0.300. The first kappa shape index (κ1) is 20.9. The molecular weight excluding hydrogens is 411 g/mol. The highest BCUT2D eigenvalue weighted by atomic mass is 79.9. The topological polar surface area (TPSA) is 56.7 Å². The summed E-state index contributed by atoms with van der Waals surface area (Å²) in [7, 11) is 3.68. The van der Waals surface area contributed by atoms with Gasteiger partial charge in [-0.1, -0.05) is 46.3 Å². The molecule has 2 rings (SSSR count). The van der Waals surface area contributed by atoms with Crippen molar-refractivity contribution in [3.8, 4) is 0 Å². The summed E-state index contributed by atoms with van der Waals surface area (Å²) in [5, 5.41) is 6.05. The van der Waals surface area contributed by atoms with Crippen molar-refractivity contribution in [3.05, 3.63) is 69.9 Å². The van der Waals surface area contributed by atoms with Crippen LogP contribution in [0.5, 0.6) is 0 Å². The molecule has 2 N–H and O–H groups in total. The number of aliphatic imine (C=N–C) groups is 1.